The minimum Gasteiger partial charge on any atom is -0.477 e. The van der Waals surface area contributed by atoms with Crippen molar-refractivity contribution in [2.75, 3.05) is 5.32 Å². The summed E-state index contributed by atoms with van der Waals surface area (Å²) >= 11 is 9.06. The van der Waals surface area contributed by atoms with Crippen LogP contribution >= 0.6 is 34.7 Å². The molecular weight excluding hydrogens is 483 g/mol. The van der Waals surface area contributed by atoms with Crippen molar-refractivity contribution < 1.29 is 14.3 Å². The molecule has 33 heavy (non-hydrogen) atoms. The summed E-state index contributed by atoms with van der Waals surface area (Å²) in [6.45, 7) is 3.46. The SMILES string of the molecule is CC(=N)/C(=C(\Nc1nc2c(s1)SC(C)c1cc(Cl)c(C#N)cc1-2)C(=O)O)c1cccc(F)c1. The maximum absolute atomic E-state index is 13.8. The van der Waals surface area contributed by atoms with Crippen LogP contribution in [0.5, 0.6) is 0 Å². The zero-order valence-electron chi connectivity index (χ0n) is 17.4. The lowest BCUT2D eigenvalue weighted by atomic mass is 9.99. The van der Waals surface area contributed by atoms with Gasteiger partial charge in [0.15, 0.2) is 5.13 Å². The van der Waals surface area contributed by atoms with Crippen LogP contribution < -0.4 is 5.32 Å². The Morgan fingerprint density at radius 3 is 2.76 bits per heavy atom. The molecule has 6 nitrogen and oxygen atoms in total. The number of nitrogens with zero attached hydrogens (tertiary/aromatic N) is 2. The Morgan fingerprint density at radius 2 is 2.12 bits per heavy atom. The van der Waals surface area contributed by atoms with Crippen LogP contribution in [0.2, 0.25) is 5.02 Å². The van der Waals surface area contributed by atoms with Crippen LogP contribution in [0.3, 0.4) is 0 Å². The summed E-state index contributed by atoms with van der Waals surface area (Å²) in [5.74, 6) is -1.83. The number of fused-ring (bicyclic) bond motifs is 3. The highest BCUT2D eigenvalue weighted by molar-refractivity contribution is 8.01. The standard InChI is InChI=1S/C23H16ClFN4O2S2/c1-10(27)18(12-4-3-5-14(25)6-12)20(21(30)31)29-23-28-19-16-7-13(9-26)17(24)8-15(16)11(2)32-22(19)33-23/h3-8,11,27H,1-2H3,(H,28,29)(H,30,31)/b20-18+,27-10?. The van der Waals surface area contributed by atoms with E-state index in [0.717, 1.165) is 15.3 Å². The van der Waals surface area contributed by atoms with E-state index in [-0.39, 0.29) is 27.8 Å². The highest BCUT2D eigenvalue weighted by atomic mass is 35.5. The number of nitriles is 1. The molecule has 2 aromatic carbocycles. The van der Waals surface area contributed by atoms with Crippen molar-refractivity contribution in [3.63, 3.8) is 0 Å². The Kier molecular flexibility index (Phi) is 6.26. The Bertz CT molecular complexity index is 1390. The molecule has 0 amide bonds. The maximum atomic E-state index is 13.8. The molecule has 0 saturated carbocycles. The summed E-state index contributed by atoms with van der Waals surface area (Å²) in [4.78, 5) is 16.7. The first kappa shape index (κ1) is 23.0. The van der Waals surface area contributed by atoms with Gasteiger partial charge in [-0.05, 0) is 49.2 Å². The molecule has 1 aliphatic heterocycles. The number of rotatable bonds is 5. The van der Waals surface area contributed by atoms with Crippen LogP contribution in [-0.4, -0.2) is 21.8 Å². The van der Waals surface area contributed by atoms with E-state index in [9.17, 15) is 19.6 Å². The van der Waals surface area contributed by atoms with Gasteiger partial charge in [0, 0.05) is 22.1 Å². The third-order valence-electron chi connectivity index (χ3n) is 5.02. The van der Waals surface area contributed by atoms with Crippen LogP contribution in [0.1, 0.15) is 35.8 Å². The molecule has 0 fully saturated rings. The van der Waals surface area contributed by atoms with Gasteiger partial charge < -0.3 is 15.8 Å². The van der Waals surface area contributed by atoms with E-state index >= 15 is 0 Å². The predicted octanol–water partition coefficient (Wildman–Crippen LogP) is 6.59. The van der Waals surface area contributed by atoms with Crippen molar-refractivity contribution in [1.82, 2.24) is 4.98 Å². The number of thioether (sulfide) groups is 1. The molecule has 0 saturated heterocycles. The minimum absolute atomic E-state index is 0.0338. The van der Waals surface area contributed by atoms with Crippen molar-refractivity contribution in [3.05, 3.63) is 69.6 Å². The number of aromatic nitrogens is 1. The molecule has 0 aliphatic carbocycles. The number of carboxylic acid groups (broad SMARTS) is 1. The average molecular weight is 499 g/mol. The fourth-order valence-electron chi connectivity index (χ4n) is 3.57. The van der Waals surface area contributed by atoms with E-state index in [1.807, 2.05) is 6.92 Å². The Morgan fingerprint density at radius 1 is 1.36 bits per heavy atom. The lowest BCUT2D eigenvalue weighted by Crippen LogP contribution is -2.16. The summed E-state index contributed by atoms with van der Waals surface area (Å²) in [5.41, 5.74) is 2.72. The normalized spacial score (nSPS) is 15.1. The smallest absolute Gasteiger partial charge is 0.353 e. The van der Waals surface area contributed by atoms with Crippen LogP contribution in [-0.2, 0) is 4.79 Å². The van der Waals surface area contributed by atoms with Crippen molar-refractivity contribution in [1.29, 1.82) is 10.7 Å². The number of allylic oxidation sites excluding steroid dienone is 1. The number of aliphatic carboxylic acids is 1. The molecule has 1 unspecified atom stereocenters. The highest BCUT2D eigenvalue weighted by Crippen LogP contribution is 2.52. The number of halogens is 2. The number of carboxylic acids is 1. The molecule has 1 aromatic heterocycles. The number of benzene rings is 2. The molecule has 1 atom stereocenters. The molecular formula is C23H16ClFN4O2S2. The van der Waals surface area contributed by atoms with Gasteiger partial charge in [0.2, 0.25) is 0 Å². The monoisotopic (exact) mass is 498 g/mol. The molecule has 0 bridgehead atoms. The fraction of sp³-hybridized carbons (Fsp3) is 0.130. The molecule has 3 aromatic rings. The first-order valence-corrected chi connectivity index (χ1v) is 11.7. The molecule has 0 radical (unpaired) electrons. The van der Waals surface area contributed by atoms with Crippen LogP contribution in [0.4, 0.5) is 9.52 Å². The Labute approximate surface area is 202 Å². The number of anilines is 1. The molecule has 1 aliphatic rings. The fourth-order valence-corrected chi connectivity index (χ4v) is 6.28. The molecule has 0 spiro atoms. The summed E-state index contributed by atoms with van der Waals surface area (Å²) < 4.78 is 14.7. The summed E-state index contributed by atoms with van der Waals surface area (Å²) in [6.07, 6.45) is 0. The number of carbonyl (C=O) groups is 1. The van der Waals surface area contributed by atoms with Gasteiger partial charge in [-0.3, -0.25) is 0 Å². The van der Waals surface area contributed by atoms with Gasteiger partial charge in [0.1, 0.15) is 17.6 Å². The van der Waals surface area contributed by atoms with E-state index in [1.165, 1.54) is 36.5 Å². The lowest BCUT2D eigenvalue weighted by molar-refractivity contribution is -0.132. The molecule has 3 N–H and O–H groups in total. The maximum Gasteiger partial charge on any atom is 0.353 e. The largest absolute Gasteiger partial charge is 0.477 e. The average Bonchev–Trinajstić information content (AvgIpc) is 3.15. The summed E-state index contributed by atoms with van der Waals surface area (Å²) in [7, 11) is 0. The quantitative estimate of drug-likeness (QED) is 0.270. The lowest BCUT2D eigenvalue weighted by Gasteiger charge is -2.21. The second-order valence-corrected chi connectivity index (χ2v) is 10.3. The van der Waals surface area contributed by atoms with Gasteiger partial charge in [-0.2, -0.15) is 5.26 Å². The molecule has 10 heteroatoms. The van der Waals surface area contributed by atoms with Gasteiger partial charge >= 0.3 is 5.97 Å². The summed E-state index contributed by atoms with van der Waals surface area (Å²) in [5, 5.41) is 31.0. The second-order valence-electron chi connectivity index (χ2n) is 7.26. The highest BCUT2D eigenvalue weighted by Gasteiger charge is 2.29. The zero-order chi connectivity index (χ0) is 23.9. The van der Waals surface area contributed by atoms with Gasteiger partial charge in [-0.25, -0.2) is 14.2 Å². The van der Waals surface area contributed by atoms with Gasteiger partial charge in [-0.1, -0.05) is 35.1 Å². The van der Waals surface area contributed by atoms with Crippen LogP contribution in [0.15, 0.2) is 46.3 Å². The third-order valence-corrected chi connectivity index (χ3v) is 7.65. The summed E-state index contributed by atoms with van der Waals surface area (Å²) in [6, 6.07) is 11.0. The molecule has 2 heterocycles. The van der Waals surface area contributed by atoms with Crippen molar-refractivity contribution >= 4 is 57.1 Å². The van der Waals surface area contributed by atoms with Gasteiger partial charge in [-0.15, -0.1) is 11.8 Å². The minimum atomic E-state index is -1.30. The van der Waals surface area contributed by atoms with Crippen molar-refractivity contribution in [2.45, 2.75) is 23.3 Å². The first-order valence-electron chi connectivity index (χ1n) is 9.67. The molecule has 4 rings (SSSR count). The topological polar surface area (TPSA) is 110 Å². The number of hydrogen-bond donors (Lipinski definition) is 3. The van der Waals surface area contributed by atoms with E-state index in [4.69, 9.17) is 17.0 Å². The number of nitrogens with one attached hydrogen (secondary N) is 2. The number of thiazole rings is 1. The Hall–Kier alpha value is -3.19. The first-order chi connectivity index (χ1) is 15.7. The van der Waals surface area contributed by atoms with Crippen LogP contribution in [0.25, 0.3) is 16.8 Å². The van der Waals surface area contributed by atoms with E-state index in [2.05, 4.69) is 16.4 Å². The van der Waals surface area contributed by atoms with Gasteiger partial charge in [0.05, 0.1) is 20.5 Å². The van der Waals surface area contributed by atoms with E-state index in [0.29, 0.717) is 21.4 Å². The number of hydrogen-bond acceptors (Lipinski definition) is 7. The zero-order valence-corrected chi connectivity index (χ0v) is 19.8. The van der Waals surface area contributed by atoms with E-state index in [1.54, 1.807) is 30.0 Å². The van der Waals surface area contributed by atoms with Crippen LogP contribution in [0, 0.1) is 22.6 Å². The van der Waals surface area contributed by atoms with Crippen molar-refractivity contribution in [2.24, 2.45) is 0 Å². The second kappa shape index (κ2) is 8.98. The third kappa shape index (κ3) is 4.37. The van der Waals surface area contributed by atoms with E-state index < -0.39 is 11.8 Å². The van der Waals surface area contributed by atoms with Crippen molar-refractivity contribution in [3.8, 4) is 17.3 Å². The predicted molar refractivity (Wildman–Crippen MR) is 130 cm³/mol. The molecule has 166 valence electrons. The Balaban J connectivity index is 1.83. The van der Waals surface area contributed by atoms with Gasteiger partial charge in [0.25, 0.3) is 0 Å².